The molecule has 0 saturated heterocycles. The van der Waals surface area contributed by atoms with Crippen LogP contribution < -0.4 is 5.69 Å². The van der Waals surface area contributed by atoms with Crippen LogP contribution in [0.25, 0.3) is 0 Å². The molecular weight excluding hydrogens is 282 g/mol. The molecule has 0 radical (unpaired) electrons. The maximum absolute atomic E-state index is 11.1. The first kappa shape index (κ1) is 10.4. The average molecular weight is 288 g/mol. The van der Waals surface area contributed by atoms with E-state index in [0.29, 0.717) is 9.76 Å². The zero-order valence-electron chi connectivity index (χ0n) is 7.64. The second-order valence-corrected chi connectivity index (χ2v) is 4.45. The van der Waals surface area contributed by atoms with E-state index >= 15 is 0 Å². The SMILES string of the molecule is Cn1c(Sc2cc(Br)ncn2)n[nH]c1=O. The molecule has 0 aliphatic carbocycles. The van der Waals surface area contributed by atoms with Crippen molar-refractivity contribution in [1.82, 2.24) is 24.7 Å². The van der Waals surface area contributed by atoms with Gasteiger partial charge in [0.2, 0.25) is 0 Å². The van der Waals surface area contributed by atoms with Crippen LogP contribution >= 0.6 is 27.7 Å². The molecule has 0 aliphatic heterocycles. The van der Waals surface area contributed by atoms with Crippen LogP contribution in [0.15, 0.2) is 32.0 Å². The van der Waals surface area contributed by atoms with Crippen molar-refractivity contribution in [2.24, 2.45) is 7.05 Å². The third kappa shape index (κ3) is 2.26. The van der Waals surface area contributed by atoms with Crippen LogP contribution in [0, 0.1) is 0 Å². The molecule has 0 spiro atoms. The summed E-state index contributed by atoms with van der Waals surface area (Å²) in [5.74, 6) is 0. The molecule has 2 aromatic rings. The van der Waals surface area contributed by atoms with Crippen LogP contribution in [0.2, 0.25) is 0 Å². The summed E-state index contributed by atoms with van der Waals surface area (Å²) in [6.45, 7) is 0. The first-order chi connectivity index (χ1) is 7.16. The number of halogens is 1. The standard InChI is InChI=1S/C7H6BrN5OS/c1-13-6(14)11-12-7(13)15-5-2-4(8)9-3-10-5/h2-3H,1H3,(H,11,14). The van der Waals surface area contributed by atoms with Crippen molar-refractivity contribution < 1.29 is 0 Å². The lowest BCUT2D eigenvalue weighted by atomic mass is 10.7. The van der Waals surface area contributed by atoms with Crippen LogP contribution in [0.3, 0.4) is 0 Å². The van der Waals surface area contributed by atoms with Gasteiger partial charge < -0.3 is 0 Å². The minimum absolute atomic E-state index is 0.245. The molecule has 0 saturated carbocycles. The molecule has 0 bridgehead atoms. The highest BCUT2D eigenvalue weighted by Gasteiger charge is 2.07. The Kier molecular flexibility index (Phi) is 2.87. The fourth-order valence-corrected chi connectivity index (χ4v) is 2.12. The molecule has 8 heteroatoms. The smallest absolute Gasteiger partial charge is 0.273 e. The Morgan fingerprint density at radius 2 is 2.33 bits per heavy atom. The summed E-state index contributed by atoms with van der Waals surface area (Å²) in [6.07, 6.45) is 1.44. The summed E-state index contributed by atoms with van der Waals surface area (Å²) in [7, 11) is 1.64. The number of H-pyrrole nitrogens is 1. The number of aromatic nitrogens is 5. The Balaban J connectivity index is 2.29. The van der Waals surface area contributed by atoms with Crippen molar-refractivity contribution in [3.05, 3.63) is 27.5 Å². The third-order valence-corrected chi connectivity index (χ3v) is 3.06. The average Bonchev–Trinajstić information content (AvgIpc) is 2.50. The van der Waals surface area contributed by atoms with Crippen LogP contribution in [0.4, 0.5) is 0 Å². The van der Waals surface area contributed by atoms with E-state index in [0.717, 1.165) is 5.03 Å². The molecule has 1 N–H and O–H groups in total. The van der Waals surface area contributed by atoms with Gasteiger partial charge in [-0.05, 0) is 27.7 Å². The Hall–Kier alpha value is -1.15. The van der Waals surface area contributed by atoms with E-state index in [1.54, 1.807) is 13.1 Å². The predicted molar refractivity (Wildman–Crippen MR) is 57.7 cm³/mol. The summed E-state index contributed by atoms with van der Waals surface area (Å²) in [4.78, 5) is 19.0. The molecule has 2 aromatic heterocycles. The van der Waals surface area contributed by atoms with E-state index in [-0.39, 0.29) is 5.69 Å². The largest absolute Gasteiger partial charge is 0.343 e. The van der Waals surface area contributed by atoms with Crippen molar-refractivity contribution in [2.75, 3.05) is 0 Å². The number of rotatable bonds is 2. The Morgan fingerprint density at radius 3 is 2.93 bits per heavy atom. The Labute approximate surface area is 97.3 Å². The van der Waals surface area contributed by atoms with Gasteiger partial charge >= 0.3 is 5.69 Å². The van der Waals surface area contributed by atoms with E-state index in [2.05, 4.69) is 36.1 Å². The van der Waals surface area contributed by atoms with Gasteiger partial charge in [0.25, 0.3) is 0 Å². The van der Waals surface area contributed by atoms with Gasteiger partial charge in [-0.3, -0.25) is 4.57 Å². The maximum Gasteiger partial charge on any atom is 0.343 e. The number of aromatic amines is 1. The van der Waals surface area contributed by atoms with Gasteiger partial charge in [-0.1, -0.05) is 0 Å². The monoisotopic (exact) mass is 287 g/mol. The lowest BCUT2D eigenvalue weighted by Crippen LogP contribution is -2.12. The van der Waals surface area contributed by atoms with Crippen LogP contribution in [-0.4, -0.2) is 24.7 Å². The molecule has 0 fully saturated rings. The maximum atomic E-state index is 11.1. The molecule has 6 nitrogen and oxygen atoms in total. The first-order valence-electron chi connectivity index (χ1n) is 3.93. The normalized spacial score (nSPS) is 10.5. The van der Waals surface area contributed by atoms with Crippen molar-refractivity contribution in [2.45, 2.75) is 10.2 Å². The highest BCUT2D eigenvalue weighted by molar-refractivity contribution is 9.10. The van der Waals surface area contributed by atoms with E-state index < -0.39 is 0 Å². The number of nitrogens with zero attached hydrogens (tertiary/aromatic N) is 4. The van der Waals surface area contributed by atoms with Crippen molar-refractivity contribution in [3.8, 4) is 0 Å². The van der Waals surface area contributed by atoms with Crippen molar-refractivity contribution in [1.29, 1.82) is 0 Å². The highest BCUT2D eigenvalue weighted by atomic mass is 79.9. The molecule has 78 valence electrons. The third-order valence-electron chi connectivity index (χ3n) is 1.64. The summed E-state index contributed by atoms with van der Waals surface area (Å²) in [6, 6.07) is 1.75. The minimum Gasteiger partial charge on any atom is -0.273 e. The quantitative estimate of drug-likeness (QED) is 0.828. The number of hydrogen-bond donors (Lipinski definition) is 1. The predicted octanol–water partition coefficient (Wildman–Crippen LogP) is 0.812. The molecule has 2 rings (SSSR count). The van der Waals surface area contributed by atoms with E-state index in [1.807, 2.05) is 0 Å². The Morgan fingerprint density at radius 1 is 1.53 bits per heavy atom. The molecule has 0 unspecified atom stereocenters. The molecule has 0 atom stereocenters. The van der Waals surface area contributed by atoms with Gasteiger partial charge in [0, 0.05) is 13.1 Å². The van der Waals surface area contributed by atoms with Crippen LogP contribution in [-0.2, 0) is 7.05 Å². The zero-order valence-corrected chi connectivity index (χ0v) is 10.0. The van der Waals surface area contributed by atoms with E-state index in [1.165, 1.54) is 22.7 Å². The molecule has 0 aliphatic rings. The Bertz CT molecular complexity index is 536. The molecule has 0 amide bonds. The summed E-state index contributed by atoms with van der Waals surface area (Å²) < 4.78 is 2.11. The summed E-state index contributed by atoms with van der Waals surface area (Å²) in [5, 5.41) is 7.49. The van der Waals surface area contributed by atoms with Gasteiger partial charge in [-0.25, -0.2) is 19.9 Å². The van der Waals surface area contributed by atoms with Gasteiger partial charge in [-0.15, -0.1) is 5.10 Å². The van der Waals surface area contributed by atoms with Gasteiger partial charge in [0.05, 0.1) is 0 Å². The fourth-order valence-electron chi connectivity index (χ4n) is 0.890. The molecule has 15 heavy (non-hydrogen) atoms. The zero-order chi connectivity index (χ0) is 10.8. The highest BCUT2D eigenvalue weighted by Crippen LogP contribution is 2.23. The number of nitrogens with one attached hydrogen (secondary N) is 1. The minimum atomic E-state index is -0.245. The van der Waals surface area contributed by atoms with Gasteiger partial charge in [0.15, 0.2) is 5.16 Å². The van der Waals surface area contributed by atoms with E-state index in [9.17, 15) is 4.79 Å². The first-order valence-corrected chi connectivity index (χ1v) is 5.54. The van der Waals surface area contributed by atoms with Gasteiger partial charge in [-0.2, -0.15) is 0 Å². The summed E-state index contributed by atoms with van der Waals surface area (Å²) in [5.41, 5.74) is -0.245. The van der Waals surface area contributed by atoms with Gasteiger partial charge in [0.1, 0.15) is 16.0 Å². The van der Waals surface area contributed by atoms with E-state index in [4.69, 9.17) is 0 Å². The summed E-state index contributed by atoms with van der Waals surface area (Å²) >= 11 is 4.53. The lowest BCUT2D eigenvalue weighted by molar-refractivity contribution is 0.764. The fraction of sp³-hybridized carbons (Fsp3) is 0.143. The second kappa shape index (κ2) is 4.15. The second-order valence-electron chi connectivity index (χ2n) is 2.65. The van der Waals surface area contributed by atoms with Crippen LogP contribution in [0.1, 0.15) is 0 Å². The topological polar surface area (TPSA) is 76.5 Å². The lowest BCUT2D eigenvalue weighted by Gasteiger charge is -1.98. The van der Waals surface area contributed by atoms with Crippen molar-refractivity contribution >= 4 is 27.7 Å². The van der Waals surface area contributed by atoms with Crippen molar-refractivity contribution in [3.63, 3.8) is 0 Å². The molecule has 0 aromatic carbocycles. The van der Waals surface area contributed by atoms with Crippen LogP contribution in [0.5, 0.6) is 0 Å². The molecule has 2 heterocycles. The number of hydrogen-bond acceptors (Lipinski definition) is 5. The molecular formula is C7H6BrN5OS.